The van der Waals surface area contributed by atoms with E-state index in [4.69, 9.17) is 22.1 Å². The zero-order valence-electron chi connectivity index (χ0n) is 10.5. The maximum absolute atomic E-state index is 13.8. The zero-order chi connectivity index (χ0) is 14.7. The van der Waals surface area contributed by atoms with Crippen molar-refractivity contribution in [1.29, 1.82) is 0 Å². The molecule has 0 aliphatic rings. The average Bonchev–Trinajstić information content (AvgIpc) is 2.41. The minimum Gasteiger partial charge on any atom is -0.465 e. The molecule has 2 rings (SSSR count). The number of anilines is 1. The topological polar surface area (TPSA) is 61.5 Å². The van der Waals surface area contributed by atoms with E-state index in [2.05, 4.69) is 4.74 Å². The minimum absolute atomic E-state index is 0.0206. The van der Waals surface area contributed by atoms with Gasteiger partial charge in [-0.25, -0.2) is 9.18 Å². The molecule has 0 fully saturated rings. The van der Waals surface area contributed by atoms with E-state index in [1.807, 2.05) is 0 Å². The lowest BCUT2D eigenvalue weighted by molar-refractivity contribution is 0.0601. The van der Waals surface area contributed by atoms with Gasteiger partial charge in [-0.1, -0.05) is 17.7 Å². The fourth-order valence-electron chi connectivity index (χ4n) is 1.59. The number of halogens is 2. The number of methoxy groups -OCH3 is 1. The third-order valence-electron chi connectivity index (χ3n) is 2.53. The molecule has 2 aromatic carbocycles. The number of carbonyl (C=O) groups excluding carboxylic acids is 1. The number of hydrogen-bond acceptors (Lipinski definition) is 4. The van der Waals surface area contributed by atoms with Gasteiger partial charge >= 0.3 is 5.97 Å². The lowest BCUT2D eigenvalue weighted by Gasteiger charge is -2.10. The SMILES string of the molecule is COC(=O)c1cc(Oc2cccc(Cl)c2)c(F)cc1N. The molecular formula is C14H11ClFNO3. The molecule has 0 saturated carbocycles. The number of nitrogens with two attached hydrogens (primary N) is 1. The van der Waals surface area contributed by atoms with Gasteiger partial charge in [0.05, 0.1) is 12.7 Å². The Bertz CT molecular complexity index is 661. The van der Waals surface area contributed by atoms with Gasteiger partial charge in [0.2, 0.25) is 0 Å². The Hall–Kier alpha value is -2.27. The molecule has 4 nitrogen and oxygen atoms in total. The van der Waals surface area contributed by atoms with E-state index in [0.717, 1.165) is 6.07 Å². The third-order valence-corrected chi connectivity index (χ3v) is 2.77. The highest BCUT2D eigenvalue weighted by Gasteiger charge is 2.16. The summed E-state index contributed by atoms with van der Waals surface area (Å²) in [5, 5.41) is 0.451. The second kappa shape index (κ2) is 5.79. The summed E-state index contributed by atoms with van der Waals surface area (Å²) < 4.78 is 23.7. The quantitative estimate of drug-likeness (QED) is 0.693. The van der Waals surface area contributed by atoms with Crippen molar-refractivity contribution in [3.8, 4) is 11.5 Å². The smallest absolute Gasteiger partial charge is 0.340 e. The molecule has 104 valence electrons. The highest BCUT2D eigenvalue weighted by atomic mass is 35.5. The van der Waals surface area contributed by atoms with Crippen LogP contribution in [0.2, 0.25) is 5.02 Å². The van der Waals surface area contributed by atoms with Crippen LogP contribution in [0.25, 0.3) is 0 Å². The Balaban J connectivity index is 2.39. The van der Waals surface area contributed by atoms with Crippen molar-refractivity contribution in [3.63, 3.8) is 0 Å². The molecule has 0 amide bonds. The van der Waals surface area contributed by atoms with Crippen LogP contribution in [0.1, 0.15) is 10.4 Å². The van der Waals surface area contributed by atoms with Crippen LogP contribution in [0.3, 0.4) is 0 Å². The first-order valence-electron chi connectivity index (χ1n) is 5.62. The number of nitrogen functional groups attached to an aromatic ring is 1. The molecule has 0 aliphatic heterocycles. The zero-order valence-corrected chi connectivity index (χ0v) is 11.3. The third kappa shape index (κ3) is 3.00. The Morgan fingerprint density at radius 2 is 2.05 bits per heavy atom. The number of carbonyl (C=O) groups is 1. The second-order valence-electron chi connectivity index (χ2n) is 3.92. The summed E-state index contributed by atoms with van der Waals surface area (Å²) in [7, 11) is 1.21. The average molecular weight is 296 g/mol. The van der Waals surface area contributed by atoms with E-state index < -0.39 is 11.8 Å². The van der Waals surface area contributed by atoms with Crippen molar-refractivity contribution in [1.82, 2.24) is 0 Å². The van der Waals surface area contributed by atoms with Gasteiger partial charge in [-0.15, -0.1) is 0 Å². The molecular weight excluding hydrogens is 285 g/mol. The first kappa shape index (κ1) is 14.1. The molecule has 2 N–H and O–H groups in total. The summed E-state index contributed by atoms with van der Waals surface area (Å²) in [6.45, 7) is 0. The van der Waals surface area contributed by atoms with Crippen molar-refractivity contribution < 1.29 is 18.7 Å². The van der Waals surface area contributed by atoms with Gasteiger partial charge in [0.25, 0.3) is 0 Å². The number of ether oxygens (including phenoxy) is 2. The van der Waals surface area contributed by atoms with Crippen molar-refractivity contribution in [2.45, 2.75) is 0 Å². The fourth-order valence-corrected chi connectivity index (χ4v) is 1.77. The van der Waals surface area contributed by atoms with E-state index in [-0.39, 0.29) is 17.0 Å². The van der Waals surface area contributed by atoms with Crippen molar-refractivity contribution in [2.75, 3.05) is 12.8 Å². The van der Waals surface area contributed by atoms with Crippen LogP contribution >= 0.6 is 11.6 Å². The van der Waals surface area contributed by atoms with Crippen molar-refractivity contribution in [3.05, 3.63) is 52.8 Å². The van der Waals surface area contributed by atoms with Crippen LogP contribution in [0.4, 0.5) is 10.1 Å². The Morgan fingerprint density at radius 1 is 1.30 bits per heavy atom. The van der Waals surface area contributed by atoms with Gasteiger partial charge in [0, 0.05) is 22.8 Å². The minimum atomic E-state index is -0.685. The largest absolute Gasteiger partial charge is 0.465 e. The molecule has 0 saturated heterocycles. The number of esters is 1. The van der Waals surface area contributed by atoms with E-state index >= 15 is 0 Å². The Labute approximate surface area is 119 Å². The predicted octanol–water partition coefficient (Wildman–Crippen LogP) is 3.64. The monoisotopic (exact) mass is 295 g/mol. The van der Waals surface area contributed by atoms with Crippen molar-refractivity contribution >= 4 is 23.3 Å². The molecule has 6 heteroatoms. The molecule has 0 aromatic heterocycles. The normalized spacial score (nSPS) is 10.2. The summed E-state index contributed by atoms with van der Waals surface area (Å²) in [6.07, 6.45) is 0. The standard InChI is InChI=1S/C14H11ClFNO3/c1-19-14(18)10-6-13(11(16)7-12(10)17)20-9-4-2-3-8(15)5-9/h2-7H,17H2,1H3. The van der Waals surface area contributed by atoms with E-state index in [1.54, 1.807) is 18.2 Å². The van der Waals surface area contributed by atoms with Crippen LogP contribution in [0.15, 0.2) is 36.4 Å². The molecule has 0 atom stereocenters. The number of benzene rings is 2. The highest BCUT2D eigenvalue weighted by molar-refractivity contribution is 6.30. The maximum atomic E-state index is 13.8. The number of rotatable bonds is 3. The summed E-state index contributed by atoms with van der Waals surface area (Å²) in [5.41, 5.74) is 5.58. The van der Waals surface area contributed by atoms with Crippen LogP contribution < -0.4 is 10.5 Å². The molecule has 0 heterocycles. The summed E-state index contributed by atoms with van der Waals surface area (Å²) >= 11 is 5.81. The molecule has 0 aliphatic carbocycles. The van der Waals surface area contributed by atoms with Gasteiger partial charge < -0.3 is 15.2 Å². The predicted molar refractivity (Wildman–Crippen MR) is 73.7 cm³/mol. The Kier molecular flexibility index (Phi) is 4.10. The molecule has 0 bridgehead atoms. The van der Waals surface area contributed by atoms with Crippen molar-refractivity contribution in [2.24, 2.45) is 0 Å². The van der Waals surface area contributed by atoms with Crippen LogP contribution in [-0.4, -0.2) is 13.1 Å². The first-order valence-corrected chi connectivity index (χ1v) is 6.00. The van der Waals surface area contributed by atoms with E-state index in [1.165, 1.54) is 19.2 Å². The summed E-state index contributed by atoms with van der Waals surface area (Å²) in [5.74, 6) is -1.15. The lowest BCUT2D eigenvalue weighted by atomic mass is 10.1. The van der Waals surface area contributed by atoms with Gasteiger partial charge in [0.15, 0.2) is 11.6 Å². The lowest BCUT2D eigenvalue weighted by Crippen LogP contribution is -2.06. The molecule has 0 unspecified atom stereocenters. The molecule has 20 heavy (non-hydrogen) atoms. The summed E-state index contributed by atoms with van der Waals surface area (Å²) in [4.78, 5) is 11.5. The van der Waals surface area contributed by atoms with Gasteiger partial charge in [-0.2, -0.15) is 0 Å². The molecule has 0 radical (unpaired) electrons. The van der Waals surface area contributed by atoms with Crippen LogP contribution in [0.5, 0.6) is 11.5 Å². The summed E-state index contributed by atoms with van der Waals surface area (Å²) in [6, 6.07) is 8.65. The number of hydrogen-bond donors (Lipinski definition) is 1. The Morgan fingerprint density at radius 3 is 2.70 bits per heavy atom. The second-order valence-corrected chi connectivity index (χ2v) is 4.36. The first-order chi connectivity index (χ1) is 9.51. The van der Waals surface area contributed by atoms with Gasteiger partial charge in [-0.3, -0.25) is 0 Å². The molecule has 0 spiro atoms. The van der Waals surface area contributed by atoms with E-state index in [0.29, 0.717) is 10.8 Å². The van der Waals surface area contributed by atoms with E-state index in [9.17, 15) is 9.18 Å². The van der Waals surface area contributed by atoms with Crippen LogP contribution in [-0.2, 0) is 4.74 Å². The maximum Gasteiger partial charge on any atom is 0.340 e. The molecule has 2 aromatic rings. The van der Waals surface area contributed by atoms with Gasteiger partial charge in [0.1, 0.15) is 5.75 Å². The fraction of sp³-hybridized carbons (Fsp3) is 0.0714. The van der Waals surface area contributed by atoms with Gasteiger partial charge in [-0.05, 0) is 18.2 Å². The van der Waals surface area contributed by atoms with Crippen LogP contribution in [0, 0.1) is 5.82 Å². The highest BCUT2D eigenvalue weighted by Crippen LogP contribution is 2.30.